The maximum absolute atomic E-state index is 12.4. The predicted octanol–water partition coefficient (Wildman–Crippen LogP) is 2.92. The second kappa shape index (κ2) is 8.99. The van der Waals surface area contributed by atoms with Gasteiger partial charge in [0.2, 0.25) is 0 Å². The molecule has 6 nitrogen and oxygen atoms in total. The second-order valence-corrected chi connectivity index (χ2v) is 6.20. The molecule has 2 rings (SSSR count). The Kier molecular flexibility index (Phi) is 6.99. The fourth-order valence-corrected chi connectivity index (χ4v) is 2.79. The monoisotopic (exact) mass is 374 g/mol. The van der Waals surface area contributed by atoms with E-state index >= 15 is 0 Å². The molecule has 0 unspecified atom stereocenters. The molecule has 1 heterocycles. The minimum Gasteiger partial charge on any atom is -0.496 e. The van der Waals surface area contributed by atoms with Gasteiger partial charge in [-0.2, -0.15) is 0 Å². The third-order valence-electron chi connectivity index (χ3n) is 3.80. The van der Waals surface area contributed by atoms with Crippen molar-refractivity contribution in [3.8, 4) is 5.75 Å². The number of nitrogens with one attached hydrogen (secondary N) is 1. The van der Waals surface area contributed by atoms with Crippen molar-refractivity contribution in [2.75, 3.05) is 32.7 Å². The van der Waals surface area contributed by atoms with E-state index in [1.54, 1.807) is 23.1 Å². The average molecular weight is 375 g/mol. The van der Waals surface area contributed by atoms with E-state index in [9.17, 15) is 9.59 Å². The van der Waals surface area contributed by atoms with Crippen LogP contribution in [-0.2, 0) is 4.74 Å². The average Bonchev–Trinajstić information content (AvgIpc) is 2.60. The molecule has 0 bridgehead atoms. The summed E-state index contributed by atoms with van der Waals surface area (Å²) in [6, 6.07) is 4.89. The van der Waals surface area contributed by atoms with Crippen molar-refractivity contribution in [3.05, 3.63) is 28.8 Å². The van der Waals surface area contributed by atoms with E-state index in [0.29, 0.717) is 42.3 Å². The van der Waals surface area contributed by atoms with Crippen molar-refractivity contribution in [2.24, 2.45) is 0 Å². The fraction of sp³-hybridized carbons (Fsp3) is 0.500. The van der Waals surface area contributed by atoms with Gasteiger partial charge in [0.05, 0.1) is 18.6 Å². The number of halogens is 2. The predicted molar refractivity (Wildman–Crippen MR) is 92.1 cm³/mol. The number of rotatable bonds is 5. The van der Waals surface area contributed by atoms with Crippen LogP contribution in [0.25, 0.3) is 0 Å². The molecular weight excluding hydrogens is 355 g/mol. The maximum Gasteiger partial charge on any atom is 0.409 e. The maximum atomic E-state index is 12.4. The van der Waals surface area contributed by atoms with Crippen LogP contribution in [-0.4, -0.2) is 55.6 Å². The summed E-state index contributed by atoms with van der Waals surface area (Å²) in [4.78, 5) is 25.8. The first-order chi connectivity index (χ1) is 11.5. The number of hydrogen-bond donors (Lipinski definition) is 1. The van der Waals surface area contributed by atoms with Crippen LogP contribution >= 0.6 is 23.2 Å². The topological polar surface area (TPSA) is 67.9 Å². The van der Waals surface area contributed by atoms with Crippen LogP contribution in [0.1, 0.15) is 23.2 Å². The molecule has 8 heteroatoms. The van der Waals surface area contributed by atoms with Crippen LogP contribution < -0.4 is 10.1 Å². The molecule has 0 aromatic heterocycles. The summed E-state index contributed by atoms with van der Waals surface area (Å²) in [5.41, 5.74) is 0.397. The van der Waals surface area contributed by atoms with Crippen molar-refractivity contribution >= 4 is 35.2 Å². The molecule has 1 aliphatic heterocycles. The van der Waals surface area contributed by atoms with Crippen LogP contribution in [0.15, 0.2) is 18.2 Å². The van der Waals surface area contributed by atoms with E-state index in [0.717, 1.165) is 0 Å². The van der Waals surface area contributed by atoms with Gasteiger partial charge in [-0.15, -0.1) is 11.6 Å². The van der Waals surface area contributed by atoms with Gasteiger partial charge in [-0.05, 0) is 31.0 Å². The number of alkyl halides is 1. The molecule has 0 saturated carbocycles. The van der Waals surface area contributed by atoms with Gasteiger partial charge in [0.25, 0.3) is 5.91 Å². The summed E-state index contributed by atoms with van der Waals surface area (Å²) in [6.07, 6.45) is 0.951. The van der Waals surface area contributed by atoms with E-state index in [4.69, 9.17) is 32.7 Å². The van der Waals surface area contributed by atoms with Crippen molar-refractivity contribution < 1.29 is 19.1 Å². The number of benzene rings is 1. The Morgan fingerprint density at radius 1 is 1.33 bits per heavy atom. The molecule has 2 amide bonds. The van der Waals surface area contributed by atoms with Gasteiger partial charge in [-0.25, -0.2) is 4.79 Å². The van der Waals surface area contributed by atoms with Crippen LogP contribution in [0.3, 0.4) is 0 Å². The molecule has 1 saturated heterocycles. The first-order valence-electron chi connectivity index (χ1n) is 7.67. The highest BCUT2D eigenvalue weighted by Crippen LogP contribution is 2.23. The molecule has 132 valence electrons. The fourth-order valence-electron chi connectivity index (χ4n) is 2.54. The van der Waals surface area contributed by atoms with Crippen molar-refractivity contribution in [2.45, 2.75) is 18.9 Å². The van der Waals surface area contributed by atoms with Gasteiger partial charge in [0, 0.05) is 24.2 Å². The molecule has 0 atom stereocenters. The highest BCUT2D eigenvalue weighted by Gasteiger charge is 2.25. The summed E-state index contributed by atoms with van der Waals surface area (Å²) in [6.45, 7) is 1.25. The molecule has 1 aromatic rings. The quantitative estimate of drug-likeness (QED) is 0.804. The minimum absolute atomic E-state index is 0.0155. The number of nitrogens with zero attached hydrogens (tertiary/aromatic N) is 1. The normalized spacial score (nSPS) is 15.0. The number of piperidine rings is 1. The van der Waals surface area contributed by atoms with Crippen LogP contribution in [0.4, 0.5) is 4.79 Å². The van der Waals surface area contributed by atoms with Crippen LogP contribution in [0.2, 0.25) is 5.02 Å². The Bertz CT molecular complexity index is 589. The van der Waals surface area contributed by atoms with Crippen LogP contribution in [0, 0.1) is 0 Å². The largest absolute Gasteiger partial charge is 0.496 e. The lowest BCUT2D eigenvalue weighted by Crippen LogP contribution is -2.46. The number of amides is 2. The summed E-state index contributed by atoms with van der Waals surface area (Å²) < 4.78 is 10.2. The molecule has 1 N–H and O–H groups in total. The van der Waals surface area contributed by atoms with E-state index in [1.807, 2.05) is 0 Å². The Morgan fingerprint density at radius 3 is 2.67 bits per heavy atom. The Balaban J connectivity index is 1.89. The molecule has 24 heavy (non-hydrogen) atoms. The second-order valence-electron chi connectivity index (χ2n) is 5.38. The van der Waals surface area contributed by atoms with Gasteiger partial charge in [-0.1, -0.05) is 11.6 Å². The number of ether oxygens (including phenoxy) is 2. The Morgan fingerprint density at radius 2 is 2.04 bits per heavy atom. The van der Waals surface area contributed by atoms with Gasteiger partial charge in [0.1, 0.15) is 12.4 Å². The summed E-state index contributed by atoms with van der Waals surface area (Å²) in [5.74, 6) is 0.510. The lowest BCUT2D eigenvalue weighted by atomic mass is 10.0. The highest BCUT2D eigenvalue weighted by molar-refractivity contribution is 6.31. The number of carbonyl (C=O) groups is 2. The highest BCUT2D eigenvalue weighted by atomic mass is 35.5. The van der Waals surface area contributed by atoms with Crippen molar-refractivity contribution in [3.63, 3.8) is 0 Å². The Hall–Kier alpha value is -1.66. The summed E-state index contributed by atoms with van der Waals surface area (Å²) in [5, 5.41) is 3.43. The zero-order valence-electron chi connectivity index (χ0n) is 13.4. The third-order valence-corrected chi connectivity index (χ3v) is 4.19. The van der Waals surface area contributed by atoms with E-state index < -0.39 is 0 Å². The SMILES string of the molecule is COc1ccc(Cl)cc1C(=O)NC1CCN(C(=O)OCCCl)CC1. The van der Waals surface area contributed by atoms with E-state index in [2.05, 4.69) is 5.32 Å². The molecular formula is C16H20Cl2N2O4. The van der Waals surface area contributed by atoms with Gasteiger partial charge in [-0.3, -0.25) is 4.79 Å². The van der Waals surface area contributed by atoms with Gasteiger partial charge < -0.3 is 19.7 Å². The lowest BCUT2D eigenvalue weighted by Gasteiger charge is -2.31. The smallest absolute Gasteiger partial charge is 0.409 e. The molecule has 1 aliphatic rings. The van der Waals surface area contributed by atoms with E-state index in [1.165, 1.54) is 7.11 Å². The molecule has 1 aromatic carbocycles. The zero-order valence-corrected chi connectivity index (χ0v) is 14.9. The number of methoxy groups -OCH3 is 1. The van der Waals surface area contributed by atoms with E-state index in [-0.39, 0.29) is 30.5 Å². The van der Waals surface area contributed by atoms with Crippen LogP contribution in [0.5, 0.6) is 5.75 Å². The molecule has 0 spiro atoms. The van der Waals surface area contributed by atoms with Gasteiger partial charge >= 0.3 is 6.09 Å². The van der Waals surface area contributed by atoms with Gasteiger partial charge in [0.15, 0.2) is 0 Å². The zero-order chi connectivity index (χ0) is 17.5. The number of hydrogen-bond acceptors (Lipinski definition) is 4. The third kappa shape index (κ3) is 4.92. The number of likely N-dealkylation sites (tertiary alicyclic amines) is 1. The molecule has 0 aliphatic carbocycles. The first kappa shape index (κ1) is 18.7. The molecule has 1 fully saturated rings. The Labute approximate surface area is 151 Å². The first-order valence-corrected chi connectivity index (χ1v) is 8.58. The summed E-state index contributed by atoms with van der Waals surface area (Å²) in [7, 11) is 1.50. The van der Waals surface area contributed by atoms with Crippen molar-refractivity contribution in [1.82, 2.24) is 10.2 Å². The minimum atomic E-state index is -0.364. The summed E-state index contributed by atoms with van der Waals surface area (Å²) >= 11 is 11.4. The standard InChI is InChI=1S/C16H20Cl2N2O4/c1-23-14-3-2-11(18)10-13(14)15(21)19-12-4-7-20(8-5-12)16(22)24-9-6-17/h2-3,10,12H,4-9H2,1H3,(H,19,21). The number of carbonyl (C=O) groups excluding carboxylic acids is 2. The lowest BCUT2D eigenvalue weighted by molar-refractivity contribution is 0.0860. The van der Waals surface area contributed by atoms with Crippen molar-refractivity contribution in [1.29, 1.82) is 0 Å². The molecule has 0 radical (unpaired) electrons.